The van der Waals surface area contributed by atoms with Crippen LogP contribution in [0, 0.1) is 17.3 Å². The third kappa shape index (κ3) is 2.60. The topological polar surface area (TPSA) is 15.3 Å². The van der Waals surface area contributed by atoms with Crippen molar-refractivity contribution in [3.8, 4) is 0 Å². The van der Waals surface area contributed by atoms with Gasteiger partial charge in [0.05, 0.1) is 0 Å². The van der Waals surface area contributed by atoms with Crippen molar-refractivity contribution >= 4 is 0 Å². The summed E-state index contributed by atoms with van der Waals surface area (Å²) >= 11 is 0. The molecule has 2 saturated carbocycles. The highest BCUT2D eigenvalue weighted by Gasteiger charge is 2.40. The van der Waals surface area contributed by atoms with Gasteiger partial charge in [0.1, 0.15) is 0 Å². The SMILES string of the molecule is CNCC1(CN2CC3CCCC3C2)CCCCC1. The minimum Gasteiger partial charge on any atom is -0.319 e. The second-order valence-corrected chi connectivity index (χ2v) is 7.24. The Labute approximate surface area is 113 Å². The van der Waals surface area contributed by atoms with Crippen LogP contribution in [0.1, 0.15) is 51.4 Å². The highest BCUT2D eigenvalue weighted by molar-refractivity contribution is 4.93. The van der Waals surface area contributed by atoms with E-state index in [2.05, 4.69) is 17.3 Å². The molecule has 2 nitrogen and oxygen atoms in total. The predicted molar refractivity (Wildman–Crippen MR) is 76.7 cm³/mol. The van der Waals surface area contributed by atoms with Gasteiger partial charge in [-0.15, -0.1) is 0 Å². The van der Waals surface area contributed by atoms with Crippen molar-refractivity contribution in [2.24, 2.45) is 17.3 Å². The van der Waals surface area contributed by atoms with Gasteiger partial charge in [-0.25, -0.2) is 0 Å². The summed E-state index contributed by atoms with van der Waals surface area (Å²) in [5.41, 5.74) is 0.603. The maximum atomic E-state index is 3.48. The molecule has 18 heavy (non-hydrogen) atoms. The number of nitrogens with zero attached hydrogens (tertiary/aromatic N) is 1. The number of hydrogen-bond donors (Lipinski definition) is 1. The zero-order valence-electron chi connectivity index (χ0n) is 12.1. The van der Waals surface area contributed by atoms with E-state index in [4.69, 9.17) is 0 Å². The Hall–Kier alpha value is -0.0800. The molecule has 0 radical (unpaired) electrons. The summed E-state index contributed by atoms with van der Waals surface area (Å²) < 4.78 is 0. The van der Waals surface area contributed by atoms with Gasteiger partial charge >= 0.3 is 0 Å². The molecule has 1 N–H and O–H groups in total. The van der Waals surface area contributed by atoms with Crippen LogP contribution in [0.5, 0.6) is 0 Å². The van der Waals surface area contributed by atoms with E-state index in [1.54, 1.807) is 0 Å². The summed E-state index contributed by atoms with van der Waals surface area (Å²) in [6.45, 7) is 5.44. The maximum Gasteiger partial charge on any atom is 0.00504 e. The molecule has 3 aliphatic rings. The average Bonchev–Trinajstić information content (AvgIpc) is 2.91. The second-order valence-electron chi connectivity index (χ2n) is 7.24. The Kier molecular flexibility index (Phi) is 3.95. The minimum absolute atomic E-state index is 0.603. The first-order valence-electron chi connectivity index (χ1n) is 8.18. The van der Waals surface area contributed by atoms with Gasteiger partial charge in [-0.2, -0.15) is 0 Å². The molecule has 1 heterocycles. The van der Waals surface area contributed by atoms with E-state index in [9.17, 15) is 0 Å². The Balaban J connectivity index is 1.59. The van der Waals surface area contributed by atoms with E-state index in [-0.39, 0.29) is 0 Å². The molecular formula is C16H30N2. The summed E-state index contributed by atoms with van der Waals surface area (Å²) in [5, 5.41) is 3.48. The molecule has 2 aliphatic carbocycles. The molecule has 1 aliphatic heterocycles. The Morgan fingerprint density at radius 3 is 2.28 bits per heavy atom. The quantitative estimate of drug-likeness (QED) is 0.825. The van der Waals surface area contributed by atoms with Crippen LogP contribution >= 0.6 is 0 Å². The van der Waals surface area contributed by atoms with Crippen molar-refractivity contribution in [1.29, 1.82) is 0 Å². The minimum atomic E-state index is 0.603. The molecule has 0 aromatic heterocycles. The van der Waals surface area contributed by atoms with Crippen molar-refractivity contribution in [2.45, 2.75) is 51.4 Å². The largest absolute Gasteiger partial charge is 0.319 e. The molecular weight excluding hydrogens is 220 g/mol. The van der Waals surface area contributed by atoms with Crippen molar-refractivity contribution < 1.29 is 0 Å². The fraction of sp³-hybridized carbons (Fsp3) is 1.00. The van der Waals surface area contributed by atoms with Gasteiger partial charge in [-0.1, -0.05) is 25.7 Å². The summed E-state index contributed by atoms with van der Waals surface area (Å²) in [6, 6.07) is 0. The first-order valence-corrected chi connectivity index (χ1v) is 8.18. The monoisotopic (exact) mass is 250 g/mol. The molecule has 0 bridgehead atoms. The van der Waals surface area contributed by atoms with E-state index in [1.165, 1.54) is 77.5 Å². The number of nitrogens with one attached hydrogen (secondary N) is 1. The first-order chi connectivity index (χ1) is 8.81. The molecule has 2 atom stereocenters. The van der Waals surface area contributed by atoms with E-state index < -0.39 is 0 Å². The summed E-state index contributed by atoms with van der Waals surface area (Å²) in [7, 11) is 2.13. The molecule has 0 aromatic carbocycles. The Morgan fingerprint density at radius 2 is 1.67 bits per heavy atom. The van der Waals surface area contributed by atoms with Gasteiger partial charge in [0.15, 0.2) is 0 Å². The van der Waals surface area contributed by atoms with Gasteiger partial charge < -0.3 is 10.2 Å². The standard InChI is InChI=1S/C16H30N2/c1-17-12-16(8-3-2-4-9-16)13-18-10-14-6-5-7-15(14)11-18/h14-15,17H,2-13H2,1H3. The van der Waals surface area contributed by atoms with Crippen LogP contribution in [-0.2, 0) is 0 Å². The number of hydrogen-bond acceptors (Lipinski definition) is 2. The molecule has 0 amide bonds. The highest BCUT2D eigenvalue weighted by Crippen LogP contribution is 2.41. The zero-order valence-corrected chi connectivity index (χ0v) is 12.1. The predicted octanol–water partition coefficient (Wildman–Crippen LogP) is 2.89. The second kappa shape index (κ2) is 5.50. The normalized spacial score (nSPS) is 35.8. The van der Waals surface area contributed by atoms with Gasteiger partial charge in [0.25, 0.3) is 0 Å². The lowest BCUT2D eigenvalue weighted by Gasteiger charge is -2.40. The lowest BCUT2D eigenvalue weighted by molar-refractivity contribution is 0.114. The van der Waals surface area contributed by atoms with E-state index in [0.717, 1.165) is 11.8 Å². The smallest absolute Gasteiger partial charge is 0.00504 e. The molecule has 0 aromatic rings. The van der Waals surface area contributed by atoms with Crippen molar-refractivity contribution in [3.05, 3.63) is 0 Å². The fourth-order valence-electron chi connectivity index (χ4n) is 5.00. The number of rotatable bonds is 4. The van der Waals surface area contributed by atoms with Crippen molar-refractivity contribution in [3.63, 3.8) is 0 Å². The maximum absolute atomic E-state index is 3.48. The number of fused-ring (bicyclic) bond motifs is 1. The molecule has 104 valence electrons. The Morgan fingerprint density at radius 1 is 1.00 bits per heavy atom. The van der Waals surface area contributed by atoms with E-state index in [1.807, 2.05) is 0 Å². The Bertz CT molecular complexity index is 253. The zero-order chi connectivity index (χ0) is 12.4. The summed E-state index contributed by atoms with van der Waals surface area (Å²) in [5.74, 6) is 2.11. The van der Waals surface area contributed by atoms with Crippen molar-refractivity contribution in [1.82, 2.24) is 10.2 Å². The molecule has 1 saturated heterocycles. The lowest BCUT2D eigenvalue weighted by atomic mass is 9.73. The van der Waals surface area contributed by atoms with Crippen molar-refractivity contribution in [2.75, 3.05) is 33.2 Å². The van der Waals surface area contributed by atoms with Gasteiger partial charge in [-0.3, -0.25) is 0 Å². The lowest BCUT2D eigenvalue weighted by Crippen LogP contribution is -2.44. The highest BCUT2D eigenvalue weighted by atomic mass is 15.2. The van der Waals surface area contributed by atoms with Crippen LogP contribution in [0.3, 0.4) is 0 Å². The molecule has 3 fully saturated rings. The number of likely N-dealkylation sites (tertiary alicyclic amines) is 1. The van der Waals surface area contributed by atoms with Crippen LogP contribution < -0.4 is 5.32 Å². The third-order valence-electron chi connectivity index (χ3n) is 5.83. The van der Waals surface area contributed by atoms with Gasteiger partial charge in [0, 0.05) is 26.2 Å². The van der Waals surface area contributed by atoms with E-state index in [0.29, 0.717) is 5.41 Å². The summed E-state index contributed by atoms with van der Waals surface area (Å²) in [6.07, 6.45) is 11.8. The molecule has 3 rings (SSSR count). The fourth-order valence-corrected chi connectivity index (χ4v) is 5.00. The molecule has 2 unspecified atom stereocenters. The van der Waals surface area contributed by atoms with Crippen LogP contribution in [0.2, 0.25) is 0 Å². The third-order valence-corrected chi connectivity index (χ3v) is 5.83. The van der Waals surface area contributed by atoms with Gasteiger partial charge in [0.2, 0.25) is 0 Å². The van der Waals surface area contributed by atoms with Gasteiger partial charge in [-0.05, 0) is 50.0 Å². The summed E-state index contributed by atoms with van der Waals surface area (Å²) in [4.78, 5) is 2.82. The molecule has 2 heteroatoms. The average molecular weight is 250 g/mol. The van der Waals surface area contributed by atoms with Crippen LogP contribution in [0.4, 0.5) is 0 Å². The molecule has 0 spiro atoms. The van der Waals surface area contributed by atoms with Crippen LogP contribution in [0.15, 0.2) is 0 Å². The first kappa shape index (κ1) is 12.9. The van der Waals surface area contributed by atoms with Crippen LogP contribution in [0.25, 0.3) is 0 Å². The van der Waals surface area contributed by atoms with Crippen LogP contribution in [-0.4, -0.2) is 38.1 Å². The van der Waals surface area contributed by atoms with E-state index >= 15 is 0 Å².